The highest BCUT2D eigenvalue weighted by atomic mass is 16.2. The molecular weight excluding hydrogens is 272 g/mol. The number of anilines is 1. The maximum absolute atomic E-state index is 12.3. The quantitative estimate of drug-likeness (QED) is 0.878. The Morgan fingerprint density at radius 2 is 1.82 bits per heavy atom. The lowest BCUT2D eigenvalue weighted by molar-refractivity contribution is -0.117. The Balaban J connectivity index is 1.97. The fourth-order valence-electron chi connectivity index (χ4n) is 2.35. The molecule has 0 aromatic heterocycles. The highest BCUT2D eigenvalue weighted by Crippen LogP contribution is 2.11. The molecular formula is C19H24N2O. The van der Waals surface area contributed by atoms with Crippen LogP contribution in [0.15, 0.2) is 54.6 Å². The summed E-state index contributed by atoms with van der Waals surface area (Å²) in [6.07, 6.45) is 0. The largest absolute Gasteiger partial charge is 0.325 e. The first-order valence-corrected chi connectivity index (χ1v) is 7.69. The van der Waals surface area contributed by atoms with Gasteiger partial charge in [-0.3, -0.25) is 9.69 Å². The summed E-state index contributed by atoms with van der Waals surface area (Å²) < 4.78 is 0. The number of carbonyl (C=O) groups is 1. The van der Waals surface area contributed by atoms with Gasteiger partial charge in [0.1, 0.15) is 0 Å². The van der Waals surface area contributed by atoms with Gasteiger partial charge in [-0.25, -0.2) is 0 Å². The van der Waals surface area contributed by atoms with E-state index in [4.69, 9.17) is 0 Å². The first kappa shape index (κ1) is 16.2. The molecule has 0 spiro atoms. The van der Waals surface area contributed by atoms with Crippen LogP contribution in [0.4, 0.5) is 5.69 Å². The van der Waals surface area contributed by atoms with Crippen molar-refractivity contribution in [2.45, 2.75) is 33.4 Å². The standard InChI is InChI=1S/C19H24N2O/c1-15(2)21(13-17-9-5-4-6-10-17)14-19(22)20-18-11-7-8-16(3)12-18/h4-12,15H,13-14H2,1-3H3,(H,20,22). The van der Waals surface area contributed by atoms with Gasteiger partial charge in [0.05, 0.1) is 6.54 Å². The molecule has 0 heterocycles. The van der Waals surface area contributed by atoms with Crippen LogP contribution in [0.2, 0.25) is 0 Å². The first-order chi connectivity index (χ1) is 10.5. The van der Waals surface area contributed by atoms with Crippen LogP contribution in [0.1, 0.15) is 25.0 Å². The number of rotatable bonds is 6. The maximum atomic E-state index is 12.3. The molecule has 1 amide bonds. The highest BCUT2D eigenvalue weighted by Gasteiger charge is 2.14. The summed E-state index contributed by atoms with van der Waals surface area (Å²) in [5, 5.41) is 2.97. The average molecular weight is 296 g/mol. The monoisotopic (exact) mass is 296 g/mol. The average Bonchev–Trinajstić information content (AvgIpc) is 2.47. The van der Waals surface area contributed by atoms with E-state index in [-0.39, 0.29) is 5.91 Å². The van der Waals surface area contributed by atoms with Crippen LogP contribution in [0, 0.1) is 6.92 Å². The van der Waals surface area contributed by atoms with E-state index >= 15 is 0 Å². The van der Waals surface area contributed by atoms with Gasteiger partial charge in [0.15, 0.2) is 0 Å². The van der Waals surface area contributed by atoms with Gasteiger partial charge in [-0.1, -0.05) is 42.5 Å². The summed E-state index contributed by atoms with van der Waals surface area (Å²) in [6, 6.07) is 18.4. The SMILES string of the molecule is Cc1cccc(NC(=O)CN(Cc2ccccc2)C(C)C)c1. The second kappa shape index (κ2) is 7.76. The van der Waals surface area contributed by atoms with Crippen molar-refractivity contribution in [1.29, 1.82) is 0 Å². The molecule has 3 nitrogen and oxygen atoms in total. The van der Waals surface area contributed by atoms with Crippen molar-refractivity contribution in [2.75, 3.05) is 11.9 Å². The van der Waals surface area contributed by atoms with E-state index in [1.54, 1.807) is 0 Å². The molecule has 0 aliphatic rings. The molecule has 1 N–H and O–H groups in total. The van der Waals surface area contributed by atoms with E-state index in [0.717, 1.165) is 17.8 Å². The third-order valence-electron chi connectivity index (χ3n) is 3.61. The molecule has 3 heteroatoms. The lowest BCUT2D eigenvalue weighted by Crippen LogP contribution is -2.37. The molecule has 0 bridgehead atoms. The van der Waals surface area contributed by atoms with Crippen LogP contribution in [-0.2, 0) is 11.3 Å². The van der Waals surface area contributed by atoms with Crippen molar-refractivity contribution in [3.8, 4) is 0 Å². The zero-order valence-corrected chi connectivity index (χ0v) is 13.5. The number of hydrogen-bond donors (Lipinski definition) is 1. The Hall–Kier alpha value is -2.13. The summed E-state index contributed by atoms with van der Waals surface area (Å²) in [7, 11) is 0. The Morgan fingerprint density at radius 3 is 2.45 bits per heavy atom. The Morgan fingerprint density at radius 1 is 1.09 bits per heavy atom. The molecule has 2 rings (SSSR count). The van der Waals surface area contributed by atoms with Crippen molar-refractivity contribution in [3.05, 3.63) is 65.7 Å². The van der Waals surface area contributed by atoms with Gasteiger partial charge in [0.25, 0.3) is 0 Å². The lowest BCUT2D eigenvalue weighted by atomic mass is 10.2. The van der Waals surface area contributed by atoms with E-state index < -0.39 is 0 Å². The molecule has 22 heavy (non-hydrogen) atoms. The van der Waals surface area contributed by atoms with E-state index in [1.807, 2.05) is 49.4 Å². The number of nitrogens with one attached hydrogen (secondary N) is 1. The molecule has 2 aromatic rings. The van der Waals surface area contributed by atoms with Crippen molar-refractivity contribution >= 4 is 11.6 Å². The fraction of sp³-hybridized carbons (Fsp3) is 0.316. The topological polar surface area (TPSA) is 32.3 Å². The second-order valence-electron chi connectivity index (χ2n) is 5.90. The minimum Gasteiger partial charge on any atom is -0.325 e. The lowest BCUT2D eigenvalue weighted by Gasteiger charge is -2.26. The first-order valence-electron chi connectivity index (χ1n) is 7.69. The number of nitrogens with zero attached hydrogens (tertiary/aromatic N) is 1. The van der Waals surface area contributed by atoms with Gasteiger partial charge >= 0.3 is 0 Å². The minimum absolute atomic E-state index is 0.0234. The summed E-state index contributed by atoms with van der Waals surface area (Å²) >= 11 is 0. The Labute approximate surface area is 133 Å². The summed E-state index contributed by atoms with van der Waals surface area (Å²) in [5.74, 6) is 0.0234. The zero-order valence-electron chi connectivity index (χ0n) is 13.5. The summed E-state index contributed by atoms with van der Waals surface area (Å²) in [5.41, 5.74) is 3.22. The van der Waals surface area contributed by atoms with Crippen molar-refractivity contribution in [2.24, 2.45) is 0 Å². The molecule has 116 valence electrons. The smallest absolute Gasteiger partial charge is 0.238 e. The van der Waals surface area contributed by atoms with Gasteiger partial charge in [-0.05, 0) is 44.0 Å². The number of amides is 1. The van der Waals surface area contributed by atoms with E-state index in [9.17, 15) is 4.79 Å². The predicted molar refractivity (Wildman–Crippen MR) is 91.8 cm³/mol. The number of carbonyl (C=O) groups excluding carboxylic acids is 1. The van der Waals surface area contributed by atoms with Gasteiger partial charge in [-0.15, -0.1) is 0 Å². The van der Waals surface area contributed by atoms with Crippen molar-refractivity contribution in [1.82, 2.24) is 4.90 Å². The minimum atomic E-state index is 0.0234. The van der Waals surface area contributed by atoms with Gasteiger partial charge in [0.2, 0.25) is 5.91 Å². The number of benzene rings is 2. The van der Waals surface area contributed by atoms with Gasteiger partial charge in [0, 0.05) is 18.3 Å². The van der Waals surface area contributed by atoms with E-state index in [2.05, 4.69) is 36.2 Å². The third-order valence-corrected chi connectivity index (χ3v) is 3.61. The molecule has 0 radical (unpaired) electrons. The second-order valence-corrected chi connectivity index (χ2v) is 5.90. The molecule has 2 aromatic carbocycles. The van der Waals surface area contributed by atoms with Crippen molar-refractivity contribution in [3.63, 3.8) is 0 Å². The van der Waals surface area contributed by atoms with Crippen LogP contribution in [-0.4, -0.2) is 23.4 Å². The molecule has 0 saturated carbocycles. The van der Waals surface area contributed by atoms with Crippen LogP contribution < -0.4 is 5.32 Å². The summed E-state index contributed by atoms with van der Waals surface area (Å²) in [4.78, 5) is 14.4. The fourth-order valence-corrected chi connectivity index (χ4v) is 2.35. The Kier molecular flexibility index (Phi) is 5.73. The summed E-state index contributed by atoms with van der Waals surface area (Å²) in [6.45, 7) is 7.41. The normalized spacial score (nSPS) is 11.0. The number of hydrogen-bond acceptors (Lipinski definition) is 2. The van der Waals surface area contributed by atoms with Crippen molar-refractivity contribution < 1.29 is 4.79 Å². The Bertz CT molecular complexity index is 608. The van der Waals surface area contributed by atoms with E-state index in [1.165, 1.54) is 5.56 Å². The molecule has 0 saturated heterocycles. The van der Waals surface area contributed by atoms with Crippen LogP contribution >= 0.6 is 0 Å². The predicted octanol–water partition coefficient (Wildman–Crippen LogP) is 3.84. The third kappa shape index (κ3) is 5.01. The van der Waals surface area contributed by atoms with Crippen LogP contribution in [0.25, 0.3) is 0 Å². The molecule has 0 aliphatic heterocycles. The number of aryl methyl sites for hydroxylation is 1. The molecule has 0 aliphatic carbocycles. The molecule has 0 unspecified atom stereocenters. The molecule has 0 fully saturated rings. The zero-order chi connectivity index (χ0) is 15.9. The van der Waals surface area contributed by atoms with Crippen LogP contribution in [0.5, 0.6) is 0 Å². The van der Waals surface area contributed by atoms with E-state index in [0.29, 0.717) is 12.6 Å². The highest BCUT2D eigenvalue weighted by molar-refractivity contribution is 5.92. The van der Waals surface area contributed by atoms with Gasteiger partial charge in [-0.2, -0.15) is 0 Å². The maximum Gasteiger partial charge on any atom is 0.238 e. The van der Waals surface area contributed by atoms with Gasteiger partial charge < -0.3 is 5.32 Å². The molecule has 0 atom stereocenters. The van der Waals surface area contributed by atoms with Crippen LogP contribution in [0.3, 0.4) is 0 Å².